The lowest BCUT2D eigenvalue weighted by molar-refractivity contribution is -0.142. The number of aromatic hydroxyl groups is 1. The maximum atomic E-state index is 11.3. The highest BCUT2D eigenvalue weighted by molar-refractivity contribution is 5.75. The van der Waals surface area contributed by atoms with Crippen LogP contribution in [0.3, 0.4) is 0 Å². The molecule has 1 aromatic heterocycles. The Kier molecular flexibility index (Phi) is 8.27. The quantitative estimate of drug-likeness (QED) is 0.522. The van der Waals surface area contributed by atoms with Crippen LogP contribution in [0, 0.1) is 5.92 Å². The summed E-state index contributed by atoms with van der Waals surface area (Å²) in [6.45, 7) is 4.95. The highest BCUT2D eigenvalue weighted by Gasteiger charge is 2.22. The van der Waals surface area contributed by atoms with Crippen LogP contribution in [-0.4, -0.2) is 46.1 Å². The molecule has 0 saturated carbocycles. The van der Waals surface area contributed by atoms with Gasteiger partial charge in [0.1, 0.15) is 23.0 Å². The number of phenols is 1. The van der Waals surface area contributed by atoms with Gasteiger partial charge in [0, 0.05) is 24.3 Å². The van der Waals surface area contributed by atoms with Gasteiger partial charge in [-0.05, 0) is 61.8 Å². The van der Waals surface area contributed by atoms with Crippen molar-refractivity contribution < 1.29 is 24.5 Å². The highest BCUT2D eigenvalue weighted by Crippen LogP contribution is 2.38. The summed E-state index contributed by atoms with van der Waals surface area (Å²) in [4.78, 5) is 11.3. The van der Waals surface area contributed by atoms with Crippen molar-refractivity contribution in [2.45, 2.75) is 65.0 Å². The van der Waals surface area contributed by atoms with Crippen molar-refractivity contribution in [2.75, 3.05) is 19.0 Å². The van der Waals surface area contributed by atoms with Crippen LogP contribution < -0.4 is 10.1 Å². The molecule has 2 unspecified atom stereocenters. The van der Waals surface area contributed by atoms with Gasteiger partial charge in [0.2, 0.25) is 0 Å². The molecule has 0 fully saturated rings. The molecule has 0 amide bonds. The molecular weight excluding hydrogens is 410 g/mol. The van der Waals surface area contributed by atoms with Crippen molar-refractivity contribution in [1.29, 1.82) is 0 Å². The van der Waals surface area contributed by atoms with Crippen LogP contribution in [0.2, 0.25) is 0 Å². The van der Waals surface area contributed by atoms with Gasteiger partial charge in [-0.2, -0.15) is 0 Å². The van der Waals surface area contributed by atoms with Gasteiger partial charge >= 0.3 is 5.97 Å². The van der Waals surface area contributed by atoms with Crippen LogP contribution in [0.1, 0.15) is 57.1 Å². The van der Waals surface area contributed by atoms with Gasteiger partial charge in [-0.15, -0.1) is 10.2 Å². The van der Waals surface area contributed by atoms with Crippen LogP contribution >= 0.6 is 0 Å². The molecule has 3 rings (SSSR count). The topological polar surface area (TPSA) is 114 Å². The second-order valence-corrected chi connectivity index (χ2v) is 8.21. The third-order valence-corrected chi connectivity index (χ3v) is 6.06. The largest absolute Gasteiger partial charge is 0.507 e. The second kappa shape index (κ2) is 11.1. The lowest BCUT2D eigenvalue weighted by Gasteiger charge is -2.20. The number of ether oxygens (including phenoxy) is 2. The Morgan fingerprint density at radius 1 is 1.19 bits per heavy atom. The van der Waals surface area contributed by atoms with E-state index in [2.05, 4.69) is 22.4 Å². The summed E-state index contributed by atoms with van der Waals surface area (Å²) >= 11 is 0. The fourth-order valence-electron chi connectivity index (χ4n) is 4.10. The predicted octanol–water partition coefficient (Wildman–Crippen LogP) is 4.40. The average Bonchev–Trinajstić information content (AvgIpc) is 2.86. The molecule has 1 aromatic carbocycles. The summed E-state index contributed by atoms with van der Waals surface area (Å²) in [5, 5.41) is 32.3. The number of fused-ring (bicyclic) bond motifs is 3. The number of phenolic OH excluding ortho intramolecular Hbond substituents is 1. The number of rotatable bonds is 9. The minimum absolute atomic E-state index is 0.0896. The molecule has 1 aliphatic heterocycles. The molecule has 0 spiro atoms. The maximum absolute atomic E-state index is 11.3. The molecule has 1 aliphatic rings. The van der Waals surface area contributed by atoms with Crippen molar-refractivity contribution in [3.05, 3.63) is 29.3 Å². The van der Waals surface area contributed by atoms with Gasteiger partial charge in [-0.1, -0.05) is 13.8 Å². The van der Waals surface area contributed by atoms with Crippen LogP contribution in [0.25, 0.3) is 11.3 Å². The molecule has 2 atom stereocenters. The van der Waals surface area contributed by atoms with Gasteiger partial charge in [-0.25, -0.2) is 0 Å². The SMILES string of the molecule is CCC(CCC(CC)C(=O)O)Nc1cc2c(nn1)-c1c(O)cc(OC)cc1COCCC2. The second-order valence-electron chi connectivity index (χ2n) is 8.21. The van der Waals surface area contributed by atoms with E-state index in [4.69, 9.17) is 9.47 Å². The fraction of sp³-hybridized carbons (Fsp3) is 0.542. The van der Waals surface area contributed by atoms with E-state index in [1.54, 1.807) is 13.2 Å². The third-order valence-electron chi connectivity index (χ3n) is 6.06. The highest BCUT2D eigenvalue weighted by atomic mass is 16.5. The molecule has 32 heavy (non-hydrogen) atoms. The molecule has 0 aliphatic carbocycles. The van der Waals surface area contributed by atoms with E-state index in [0.717, 1.165) is 36.8 Å². The van der Waals surface area contributed by atoms with Crippen LogP contribution in [0.15, 0.2) is 18.2 Å². The van der Waals surface area contributed by atoms with Crippen molar-refractivity contribution in [2.24, 2.45) is 5.92 Å². The van der Waals surface area contributed by atoms with Gasteiger partial charge < -0.3 is 25.0 Å². The standard InChI is InChI=1S/C24H33N3O5/c1-4-15(24(29)30)8-9-18(5-2)25-21-12-16-7-6-10-32-14-17-11-19(31-3)13-20(28)22(17)23(16)27-26-21/h11-13,15,18,28H,4-10,14H2,1-3H3,(H,25,26)(H,29,30). The van der Waals surface area contributed by atoms with Crippen LogP contribution in [0.4, 0.5) is 5.82 Å². The molecule has 0 saturated heterocycles. The lowest BCUT2D eigenvalue weighted by Crippen LogP contribution is -2.23. The summed E-state index contributed by atoms with van der Waals surface area (Å²) in [6, 6.07) is 5.53. The summed E-state index contributed by atoms with van der Waals surface area (Å²) in [5.41, 5.74) is 3.08. The van der Waals surface area contributed by atoms with Crippen molar-refractivity contribution >= 4 is 11.8 Å². The fourth-order valence-corrected chi connectivity index (χ4v) is 4.10. The number of carbonyl (C=O) groups is 1. The first-order chi connectivity index (χ1) is 15.5. The molecule has 8 heteroatoms. The number of aryl methyl sites for hydroxylation is 1. The van der Waals surface area contributed by atoms with Crippen molar-refractivity contribution in [1.82, 2.24) is 10.2 Å². The Balaban J connectivity index is 1.86. The first-order valence-electron chi connectivity index (χ1n) is 11.3. The zero-order valence-corrected chi connectivity index (χ0v) is 19.1. The number of hydrogen-bond acceptors (Lipinski definition) is 7. The summed E-state index contributed by atoms with van der Waals surface area (Å²) < 4.78 is 11.1. The number of anilines is 1. The smallest absolute Gasteiger partial charge is 0.306 e. The van der Waals surface area contributed by atoms with E-state index in [1.165, 1.54) is 0 Å². The monoisotopic (exact) mass is 443 g/mol. The molecule has 0 bridgehead atoms. The van der Waals surface area contributed by atoms with E-state index in [1.807, 2.05) is 19.1 Å². The average molecular weight is 444 g/mol. The zero-order valence-electron chi connectivity index (χ0n) is 19.1. The Morgan fingerprint density at radius 3 is 2.69 bits per heavy atom. The molecule has 0 radical (unpaired) electrons. The van der Waals surface area contributed by atoms with E-state index >= 15 is 0 Å². The van der Waals surface area contributed by atoms with Gasteiger partial charge in [0.05, 0.1) is 19.6 Å². The molecule has 2 heterocycles. The number of carboxylic acids is 1. The van der Waals surface area contributed by atoms with E-state index < -0.39 is 5.97 Å². The molecule has 2 aromatic rings. The summed E-state index contributed by atoms with van der Waals surface area (Å²) in [7, 11) is 1.56. The third kappa shape index (κ3) is 5.68. The molecule has 3 N–H and O–H groups in total. The number of nitrogens with zero attached hydrogens (tertiary/aromatic N) is 2. The maximum Gasteiger partial charge on any atom is 0.306 e. The lowest BCUT2D eigenvalue weighted by atomic mass is 9.96. The van der Waals surface area contributed by atoms with Crippen molar-refractivity contribution in [3.8, 4) is 22.8 Å². The minimum Gasteiger partial charge on any atom is -0.507 e. The zero-order chi connectivity index (χ0) is 23.1. The van der Waals surface area contributed by atoms with Gasteiger partial charge in [-0.3, -0.25) is 4.79 Å². The van der Waals surface area contributed by atoms with Gasteiger partial charge in [0.25, 0.3) is 0 Å². The molecular formula is C24H33N3O5. The molecule has 174 valence electrons. The number of aromatic nitrogens is 2. The van der Waals surface area contributed by atoms with E-state index in [9.17, 15) is 15.0 Å². The molecule has 8 nitrogen and oxygen atoms in total. The number of nitrogens with one attached hydrogen (secondary N) is 1. The van der Waals surface area contributed by atoms with E-state index in [0.29, 0.717) is 48.9 Å². The van der Waals surface area contributed by atoms with Crippen LogP contribution in [-0.2, 0) is 22.6 Å². The summed E-state index contributed by atoms with van der Waals surface area (Å²) in [5.74, 6) is 0.250. The number of hydrogen-bond donors (Lipinski definition) is 3. The number of benzene rings is 1. The van der Waals surface area contributed by atoms with Gasteiger partial charge in [0.15, 0.2) is 0 Å². The van der Waals surface area contributed by atoms with Crippen LogP contribution in [0.5, 0.6) is 11.5 Å². The normalized spacial score (nSPS) is 15.3. The number of methoxy groups -OCH3 is 1. The Hall–Kier alpha value is -2.87. The Morgan fingerprint density at radius 2 is 2.00 bits per heavy atom. The Labute approximate surface area is 189 Å². The van der Waals surface area contributed by atoms with Crippen molar-refractivity contribution in [3.63, 3.8) is 0 Å². The summed E-state index contributed by atoms with van der Waals surface area (Å²) in [6.07, 6.45) is 4.43. The predicted molar refractivity (Wildman–Crippen MR) is 122 cm³/mol. The number of carboxylic acid groups (broad SMARTS) is 1. The first kappa shape index (κ1) is 23.8. The number of aliphatic carboxylic acids is 1. The Bertz CT molecular complexity index is 934. The van der Waals surface area contributed by atoms with E-state index in [-0.39, 0.29) is 17.7 Å². The first-order valence-corrected chi connectivity index (χ1v) is 11.3. The minimum atomic E-state index is -0.739.